The number of nitrogens with one attached hydrogen (secondary N) is 2. The van der Waals surface area contributed by atoms with Gasteiger partial charge >= 0.3 is 6.03 Å². The fraction of sp³-hybridized carbons (Fsp3) is 0.476. The molecule has 29 heavy (non-hydrogen) atoms. The van der Waals surface area contributed by atoms with Crippen LogP contribution >= 0.6 is 11.6 Å². The zero-order chi connectivity index (χ0) is 21.3. The predicted octanol–water partition coefficient (Wildman–Crippen LogP) is 2.68. The molecule has 8 heteroatoms. The summed E-state index contributed by atoms with van der Waals surface area (Å²) in [6, 6.07) is 5.59. The fourth-order valence-electron chi connectivity index (χ4n) is 3.70. The van der Waals surface area contributed by atoms with Gasteiger partial charge < -0.3 is 15.5 Å². The van der Waals surface area contributed by atoms with E-state index in [1.54, 1.807) is 30.0 Å². The van der Waals surface area contributed by atoms with E-state index in [0.717, 1.165) is 0 Å². The molecule has 1 aromatic rings. The minimum absolute atomic E-state index is 0.205. The highest BCUT2D eigenvalue weighted by molar-refractivity contribution is 6.31. The van der Waals surface area contributed by atoms with Crippen LogP contribution in [0.3, 0.4) is 0 Å². The largest absolute Gasteiger partial charge is 0.354 e. The van der Waals surface area contributed by atoms with Gasteiger partial charge in [0.25, 0.3) is 5.91 Å². The van der Waals surface area contributed by atoms with E-state index in [2.05, 4.69) is 10.6 Å². The van der Waals surface area contributed by atoms with Gasteiger partial charge in [-0.2, -0.15) is 0 Å². The third-order valence-corrected chi connectivity index (χ3v) is 5.66. The normalized spacial score (nSPS) is 20.1. The molecule has 0 saturated heterocycles. The standard InChI is InChI=1S/C21H27ClN4O3/c1-5-25-16-11-26(13(4)19(27)23-10-12(2)3)20(28)17(16)18(24-21(25)29)14-8-6-7-9-15(14)22/h6-9,12-13,18H,5,10-11H2,1-4H3,(H,23,27)(H,24,29)/t13-,18-/m1/s1. The summed E-state index contributed by atoms with van der Waals surface area (Å²) in [6.07, 6.45) is 0. The maximum absolute atomic E-state index is 13.4. The number of likely N-dealkylation sites (N-methyl/N-ethyl adjacent to an activating group) is 1. The van der Waals surface area contributed by atoms with Gasteiger partial charge in [-0.05, 0) is 31.4 Å². The minimum Gasteiger partial charge on any atom is -0.354 e. The van der Waals surface area contributed by atoms with Crippen molar-refractivity contribution in [1.29, 1.82) is 0 Å². The average Bonchev–Trinajstić information content (AvgIpc) is 3.02. The van der Waals surface area contributed by atoms with Crippen LogP contribution in [0.4, 0.5) is 4.79 Å². The highest BCUT2D eigenvalue weighted by Gasteiger charge is 2.46. The van der Waals surface area contributed by atoms with Crippen molar-refractivity contribution in [3.05, 3.63) is 46.1 Å². The van der Waals surface area contributed by atoms with E-state index in [-0.39, 0.29) is 24.4 Å². The predicted molar refractivity (Wildman–Crippen MR) is 111 cm³/mol. The van der Waals surface area contributed by atoms with Crippen LogP contribution in [-0.4, -0.2) is 53.3 Å². The van der Waals surface area contributed by atoms with Crippen molar-refractivity contribution in [2.45, 2.75) is 39.8 Å². The van der Waals surface area contributed by atoms with Crippen molar-refractivity contribution in [3.63, 3.8) is 0 Å². The molecule has 0 radical (unpaired) electrons. The molecule has 0 unspecified atom stereocenters. The quantitative estimate of drug-likeness (QED) is 0.745. The van der Waals surface area contributed by atoms with Crippen molar-refractivity contribution < 1.29 is 14.4 Å². The zero-order valence-corrected chi connectivity index (χ0v) is 17.9. The minimum atomic E-state index is -0.646. The number of benzene rings is 1. The lowest BCUT2D eigenvalue weighted by Gasteiger charge is -2.33. The summed E-state index contributed by atoms with van der Waals surface area (Å²) >= 11 is 6.36. The Labute approximate surface area is 176 Å². The number of rotatable bonds is 6. The lowest BCUT2D eigenvalue weighted by Crippen LogP contribution is -2.47. The smallest absolute Gasteiger partial charge is 0.322 e. The first-order valence-corrected chi connectivity index (χ1v) is 10.3. The first-order chi connectivity index (χ1) is 13.8. The van der Waals surface area contributed by atoms with E-state index in [4.69, 9.17) is 11.6 Å². The number of carbonyl (C=O) groups is 3. The van der Waals surface area contributed by atoms with E-state index in [1.807, 2.05) is 26.8 Å². The van der Waals surface area contributed by atoms with Crippen LogP contribution in [-0.2, 0) is 9.59 Å². The first-order valence-electron chi connectivity index (χ1n) is 9.90. The lowest BCUT2D eigenvalue weighted by atomic mass is 9.95. The second kappa shape index (κ2) is 8.45. The van der Waals surface area contributed by atoms with Crippen LogP contribution in [0.5, 0.6) is 0 Å². The third kappa shape index (κ3) is 3.96. The van der Waals surface area contributed by atoms with Gasteiger partial charge in [0.2, 0.25) is 5.91 Å². The summed E-state index contributed by atoms with van der Waals surface area (Å²) in [7, 11) is 0. The van der Waals surface area contributed by atoms with Crippen LogP contribution in [0.25, 0.3) is 0 Å². The Morgan fingerprint density at radius 3 is 2.59 bits per heavy atom. The summed E-state index contributed by atoms with van der Waals surface area (Å²) in [6.45, 7) is 8.77. The maximum Gasteiger partial charge on any atom is 0.322 e. The maximum atomic E-state index is 13.4. The van der Waals surface area contributed by atoms with E-state index in [0.29, 0.717) is 40.9 Å². The third-order valence-electron chi connectivity index (χ3n) is 5.31. The molecule has 0 spiro atoms. The molecule has 0 bridgehead atoms. The van der Waals surface area contributed by atoms with Crippen molar-refractivity contribution in [2.75, 3.05) is 19.6 Å². The highest BCUT2D eigenvalue weighted by Crippen LogP contribution is 2.38. The number of nitrogens with zero attached hydrogens (tertiary/aromatic N) is 2. The molecule has 2 aliphatic heterocycles. The second-order valence-electron chi connectivity index (χ2n) is 7.76. The summed E-state index contributed by atoms with van der Waals surface area (Å²) in [5, 5.41) is 6.26. The van der Waals surface area contributed by atoms with E-state index < -0.39 is 12.1 Å². The lowest BCUT2D eigenvalue weighted by molar-refractivity contribution is -0.135. The van der Waals surface area contributed by atoms with E-state index in [1.165, 1.54) is 4.90 Å². The summed E-state index contributed by atoms with van der Waals surface area (Å²) in [5.74, 6) is -0.146. The SMILES string of the molecule is CCN1C(=O)N[C@H](c2ccccc2Cl)C2=C1CN([C@H](C)C(=O)NCC(C)C)C2=O. The number of halogens is 1. The Bertz CT molecular complexity index is 867. The molecule has 7 nitrogen and oxygen atoms in total. The Hall–Kier alpha value is -2.54. The summed E-state index contributed by atoms with van der Waals surface area (Å²) in [5.41, 5.74) is 1.77. The van der Waals surface area contributed by atoms with Gasteiger partial charge in [0.15, 0.2) is 0 Å². The number of carbonyl (C=O) groups excluding carboxylic acids is 3. The van der Waals surface area contributed by atoms with Gasteiger partial charge in [0, 0.05) is 18.1 Å². The number of urea groups is 1. The molecule has 0 aromatic heterocycles. The van der Waals surface area contributed by atoms with Crippen molar-refractivity contribution >= 4 is 29.4 Å². The van der Waals surface area contributed by atoms with Crippen molar-refractivity contribution in [1.82, 2.24) is 20.4 Å². The van der Waals surface area contributed by atoms with Crippen LogP contribution in [0, 0.1) is 5.92 Å². The second-order valence-corrected chi connectivity index (χ2v) is 8.16. The monoisotopic (exact) mass is 418 g/mol. The average molecular weight is 419 g/mol. The van der Waals surface area contributed by atoms with Gasteiger partial charge in [0.1, 0.15) is 6.04 Å². The van der Waals surface area contributed by atoms with Gasteiger partial charge in [-0.1, -0.05) is 43.6 Å². The molecule has 3 rings (SSSR count). The Kier molecular flexibility index (Phi) is 6.17. The topological polar surface area (TPSA) is 81.8 Å². The van der Waals surface area contributed by atoms with Crippen molar-refractivity contribution in [2.24, 2.45) is 5.92 Å². The summed E-state index contributed by atoms with van der Waals surface area (Å²) < 4.78 is 0. The molecular weight excluding hydrogens is 392 g/mol. The van der Waals surface area contributed by atoms with E-state index >= 15 is 0 Å². The van der Waals surface area contributed by atoms with E-state index in [9.17, 15) is 14.4 Å². The fourth-order valence-corrected chi connectivity index (χ4v) is 3.94. The molecule has 0 fully saturated rings. The molecule has 2 N–H and O–H groups in total. The molecule has 2 heterocycles. The van der Waals surface area contributed by atoms with Crippen LogP contribution in [0.15, 0.2) is 35.5 Å². The number of hydrogen-bond acceptors (Lipinski definition) is 3. The number of hydrogen-bond donors (Lipinski definition) is 2. The molecule has 156 valence electrons. The Balaban J connectivity index is 1.94. The molecule has 2 aliphatic rings. The zero-order valence-electron chi connectivity index (χ0n) is 17.2. The molecule has 2 atom stereocenters. The Morgan fingerprint density at radius 1 is 1.28 bits per heavy atom. The molecule has 4 amide bonds. The van der Waals surface area contributed by atoms with Crippen molar-refractivity contribution in [3.8, 4) is 0 Å². The Morgan fingerprint density at radius 2 is 1.97 bits per heavy atom. The summed E-state index contributed by atoms with van der Waals surface area (Å²) in [4.78, 5) is 41.7. The molecule has 1 aromatic carbocycles. The van der Waals surface area contributed by atoms with Gasteiger partial charge in [-0.15, -0.1) is 0 Å². The molecule has 0 aliphatic carbocycles. The van der Waals surface area contributed by atoms with Crippen LogP contribution in [0.2, 0.25) is 5.02 Å². The molecular formula is C21H27ClN4O3. The van der Waals surface area contributed by atoms with Gasteiger partial charge in [-0.3, -0.25) is 14.5 Å². The number of amides is 4. The van der Waals surface area contributed by atoms with Gasteiger partial charge in [-0.25, -0.2) is 4.79 Å². The van der Waals surface area contributed by atoms with Crippen LogP contribution < -0.4 is 10.6 Å². The first kappa shape index (κ1) is 21.2. The highest BCUT2D eigenvalue weighted by atomic mass is 35.5. The van der Waals surface area contributed by atoms with Crippen LogP contribution in [0.1, 0.15) is 39.3 Å². The molecule has 0 saturated carbocycles. The van der Waals surface area contributed by atoms with Gasteiger partial charge in [0.05, 0.1) is 23.9 Å².